The van der Waals surface area contributed by atoms with Crippen molar-refractivity contribution in [1.82, 2.24) is 4.90 Å². The van der Waals surface area contributed by atoms with E-state index in [1.807, 2.05) is 20.8 Å². The highest BCUT2D eigenvalue weighted by atomic mass is 16.5. The van der Waals surface area contributed by atoms with Crippen LogP contribution in [0.15, 0.2) is 12.1 Å². The van der Waals surface area contributed by atoms with Crippen LogP contribution in [0.25, 0.3) is 0 Å². The van der Waals surface area contributed by atoms with Crippen LogP contribution in [-0.2, 0) is 4.74 Å². The lowest BCUT2D eigenvalue weighted by Gasteiger charge is -2.35. The van der Waals surface area contributed by atoms with Crippen LogP contribution in [0.3, 0.4) is 0 Å². The van der Waals surface area contributed by atoms with Gasteiger partial charge in [-0.1, -0.05) is 0 Å². The molecule has 19 heavy (non-hydrogen) atoms. The number of nitrogens with zero attached hydrogens (tertiary/aromatic N) is 1. The van der Waals surface area contributed by atoms with Crippen molar-refractivity contribution >= 4 is 17.3 Å². The van der Waals surface area contributed by atoms with Crippen LogP contribution in [0.5, 0.6) is 0 Å². The lowest BCUT2D eigenvalue weighted by Crippen LogP contribution is -2.48. The lowest BCUT2D eigenvalue weighted by molar-refractivity contribution is -0.0586. The Morgan fingerprint density at radius 2 is 1.68 bits per heavy atom. The van der Waals surface area contributed by atoms with Crippen LogP contribution < -0.4 is 11.5 Å². The van der Waals surface area contributed by atoms with Crippen LogP contribution in [0.1, 0.15) is 29.8 Å². The van der Waals surface area contributed by atoms with Crippen molar-refractivity contribution in [3.63, 3.8) is 0 Å². The molecule has 1 aliphatic rings. The molecule has 5 nitrogen and oxygen atoms in total. The van der Waals surface area contributed by atoms with E-state index in [0.717, 1.165) is 5.56 Å². The summed E-state index contributed by atoms with van der Waals surface area (Å²) in [5.74, 6) is -0.0413. The Bertz CT molecular complexity index is 468. The molecule has 0 aromatic heterocycles. The SMILES string of the molecule is Cc1c(N)cc(C(=O)N2C[C@@H](C)O[C@@H](C)C2)cc1N. The molecule has 1 heterocycles. The Morgan fingerprint density at radius 3 is 2.16 bits per heavy atom. The summed E-state index contributed by atoms with van der Waals surface area (Å²) in [6.45, 7) is 6.97. The van der Waals surface area contributed by atoms with Crippen LogP contribution in [0, 0.1) is 6.92 Å². The number of nitrogens with two attached hydrogens (primary N) is 2. The van der Waals surface area contributed by atoms with Crippen molar-refractivity contribution in [3.05, 3.63) is 23.3 Å². The van der Waals surface area contributed by atoms with Gasteiger partial charge in [0.25, 0.3) is 5.91 Å². The van der Waals surface area contributed by atoms with Gasteiger partial charge in [-0.25, -0.2) is 0 Å². The van der Waals surface area contributed by atoms with Crippen molar-refractivity contribution in [3.8, 4) is 0 Å². The van der Waals surface area contributed by atoms with Crippen molar-refractivity contribution < 1.29 is 9.53 Å². The van der Waals surface area contributed by atoms with Crippen LogP contribution >= 0.6 is 0 Å². The van der Waals surface area contributed by atoms with E-state index in [2.05, 4.69) is 0 Å². The number of hydrogen-bond acceptors (Lipinski definition) is 4. The first-order valence-electron chi connectivity index (χ1n) is 6.48. The molecule has 1 amide bonds. The molecule has 5 heteroatoms. The molecule has 2 atom stereocenters. The fourth-order valence-electron chi connectivity index (χ4n) is 2.41. The summed E-state index contributed by atoms with van der Waals surface area (Å²) in [5, 5.41) is 0. The number of anilines is 2. The fraction of sp³-hybridized carbons (Fsp3) is 0.500. The first-order valence-corrected chi connectivity index (χ1v) is 6.48. The number of carbonyl (C=O) groups excluding carboxylic acids is 1. The molecule has 0 aliphatic carbocycles. The molecule has 1 saturated heterocycles. The van der Waals surface area contributed by atoms with Crippen molar-refractivity contribution in [2.24, 2.45) is 0 Å². The maximum atomic E-state index is 12.5. The Kier molecular flexibility index (Phi) is 3.66. The number of ether oxygens (including phenoxy) is 1. The molecule has 1 aromatic carbocycles. The van der Waals surface area contributed by atoms with E-state index in [9.17, 15) is 4.79 Å². The Balaban J connectivity index is 2.24. The van der Waals surface area contributed by atoms with Gasteiger partial charge in [0.1, 0.15) is 0 Å². The third-order valence-electron chi connectivity index (χ3n) is 3.44. The highest BCUT2D eigenvalue weighted by Gasteiger charge is 2.27. The van der Waals surface area contributed by atoms with Gasteiger partial charge < -0.3 is 21.1 Å². The zero-order valence-corrected chi connectivity index (χ0v) is 11.6. The van der Waals surface area contributed by atoms with Gasteiger partial charge >= 0.3 is 0 Å². The lowest BCUT2D eigenvalue weighted by atomic mass is 10.1. The van der Waals surface area contributed by atoms with Crippen LogP contribution in [0.4, 0.5) is 11.4 Å². The normalized spacial score (nSPS) is 23.4. The number of benzene rings is 1. The molecule has 0 unspecified atom stereocenters. The number of rotatable bonds is 1. The molecule has 1 fully saturated rings. The average molecular weight is 263 g/mol. The highest BCUT2D eigenvalue weighted by molar-refractivity contribution is 5.96. The first-order chi connectivity index (χ1) is 8.88. The van der Waals surface area contributed by atoms with Gasteiger partial charge in [0, 0.05) is 30.0 Å². The summed E-state index contributed by atoms with van der Waals surface area (Å²) >= 11 is 0. The smallest absolute Gasteiger partial charge is 0.254 e. The second-order valence-electron chi connectivity index (χ2n) is 5.25. The predicted octanol–water partition coefficient (Wildman–Crippen LogP) is 1.41. The van der Waals surface area contributed by atoms with E-state index in [-0.39, 0.29) is 18.1 Å². The zero-order valence-electron chi connectivity index (χ0n) is 11.6. The fourth-order valence-corrected chi connectivity index (χ4v) is 2.41. The molecule has 104 valence electrons. The maximum Gasteiger partial charge on any atom is 0.254 e. The van der Waals surface area contributed by atoms with E-state index in [0.29, 0.717) is 30.0 Å². The van der Waals surface area contributed by atoms with Crippen LogP contribution in [-0.4, -0.2) is 36.1 Å². The minimum atomic E-state index is -0.0413. The topological polar surface area (TPSA) is 81.6 Å². The molecule has 4 N–H and O–H groups in total. The van der Waals surface area contributed by atoms with Gasteiger partial charge in [0.05, 0.1) is 12.2 Å². The quantitative estimate of drug-likeness (QED) is 0.751. The van der Waals surface area contributed by atoms with Gasteiger partial charge in [0.2, 0.25) is 0 Å². The van der Waals surface area contributed by atoms with Crippen molar-refractivity contribution in [2.45, 2.75) is 33.0 Å². The monoisotopic (exact) mass is 263 g/mol. The highest BCUT2D eigenvalue weighted by Crippen LogP contribution is 2.23. The molecule has 1 aliphatic heterocycles. The largest absolute Gasteiger partial charge is 0.398 e. The van der Waals surface area contributed by atoms with Gasteiger partial charge in [-0.2, -0.15) is 0 Å². The maximum absolute atomic E-state index is 12.5. The van der Waals surface area contributed by atoms with E-state index >= 15 is 0 Å². The zero-order chi connectivity index (χ0) is 14.2. The Labute approximate surface area is 113 Å². The van der Waals surface area contributed by atoms with Gasteiger partial charge in [-0.05, 0) is 38.5 Å². The molecule has 0 spiro atoms. The second-order valence-corrected chi connectivity index (χ2v) is 5.25. The third kappa shape index (κ3) is 2.81. The summed E-state index contributed by atoms with van der Waals surface area (Å²) in [5.41, 5.74) is 14.2. The summed E-state index contributed by atoms with van der Waals surface area (Å²) in [4.78, 5) is 14.3. The Hall–Kier alpha value is -1.75. The molecule has 0 radical (unpaired) electrons. The van der Waals surface area contributed by atoms with Gasteiger partial charge in [0.15, 0.2) is 0 Å². The third-order valence-corrected chi connectivity index (χ3v) is 3.44. The molecule has 0 saturated carbocycles. The molecule has 0 bridgehead atoms. The molecule has 1 aromatic rings. The number of hydrogen-bond donors (Lipinski definition) is 2. The number of morpholine rings is 1. The van der Waals surface area contributed by atoms with Gasteiger partial charge in [-0.15, -0.1) is 0 Å². The number of amides is 1. The van der Waals surface area contributed by atoms with E-state index < -0.39 is 0 Å². The molecular weight excluding hydrogens is 242 g/mol. The number of carbonyl (C=O) groups is 1. The second kappa shape index (κ2) is 5.09. The van der Waals surface area contributed by atoms with Crippen molar-refractivity contribution in [2.75, 3.05) is 24.6 Å². The Morgan fingerprint density at radius 1 is 1.21 bits per heavy atom. The van der Waals surface area contributed by atoms with Crippen molar-refractivity contribution in [1.29, 1.82) is 0 Å². The van der Waals surface area contributed by atoms with E-state index in [4.69, 9.17) is 16.2 Å². The minimum absolute atomic E-state index is 0.0413. The summed E-state index contributed by atoms with van der Waals surface area (Å²) < 4.78 is 5.63. The summed E-state index contributed by atoms with van der Waals surface area (Å²) in [6, 6.07) is 3.39. The van der Waals surface area contributed by atoms with E-state index in [1.165, 1.54) is 0 Å². The standard InChI is InChI=1S/C14H21N3O2/c1-8-6-17(7-9(2)19-8)14(18)11-4-12(15)10(3)13(16)5-11/h4-5,8-9H,6-7,15-16H2,1-3H3/t8-,9+. The number of nitrogen functional groups attached to an aromatic ring is 2. The molecular formula is C14H21N3O2. The van der Waals surface area contributed by atoms with Gasteiger partial charge in [-0.3, -0.25) is 4.79 Å². The summed E-state index contributed by atoms with van der Waals surface area (Å²) in [6.07, 6.45) is 0.0979. The molecule has 2 rings (SSSR count). The first kappa shape index (κ1) is 13.7. The predicted molar refractivity (Wildman–Crippen MR) is 75.9 cm³/mol. The summed E-state index contributed by atoms with van der Waals surface area (Å²) in [7, 11) is 0. The van der Waals surface area contributed by atoms with Crippen LogP contribution in [0.2, 0.25) is 0 Å². The van der Waals surface area contributed by atoms with E-state index in [1.54, 1.807) is 17.0 Å². The minimum Gasteiger partial charge on any atom is -0.398 e. The average Bonchev–Trinajstić information content (AvgIpc) is 2.33.